The summed E-state index contributed by atoms with van der Waals surface area (Å²) in [6, 6.07) is 0. The van der Waals surface area contributed by atoms with Crippen molar-refractivity contribution in [1.29, 1.82) is 0 Å². The largest absolute Gasteiger partial charge is 0.368 e. The molecule has 0 aliphatic carbocycles. The number of nitrogens with one attached hydrogen (secondary N) is 1. The van der Waals surface area contributed by atoms with Crippen molar-refractivity contribution in [2.24, 2.45) is 0 Å². The minimum Gasteiger partial charge on any atom is -0.368 e. The highest BCUT2D eigenvalue weighted by atomic mass is 35.5. The summed E-state index contributed by atoms with van der Waals surface area (Å²) in [4.78, 5) is 0. The van der Waals surface area contributed by atoms with Crippen molar-refractivity contribution in [3.05, 3.63) is 16.3 Å². The molecule has 0 saturated heterocycles. The van der Waals surface area contributed by atoms with E-state index in [-0.39, 0.29) is 0 Å². The van der Waals surface area contributed by atoms with Crippen LogP contribution in [0.15, 0.2) is 0 Å². The fourth-order valence-electron chi connectivity index (χ4n) is 1.17. The van der Waals surface area contributed by atoms with Crippen LogP contribution in [0.1, 0.15) is 17.5 Å². The summed E-state index contributed by atoms with van der Waals surface area (Å²) in [6.07, 6.45) is 3.24. The Balaban J connectivity index is 2.58. The van der Waals surface area contributed by atoms with E-state index < -0.39 is 0 Å². The third-order valence-electron chi connectivity index (χ3n) is 2.28. The third-order valence-corrected chi connectivity index (χ3v) is 3.34. The number of aromatic nitrogens is 2. The van der Waals surface area contributed by atoms with Gasteiger partial charge in [-0.25, -0.2) is 0 Å². The first-order valence-electron chi connectivity index (χ1n) is 4.89. The van der Waals surface area contributed by atoms with Gasteiger partial charge in [0.15, 0.2) is 11.0 Å². The van der Waals surface area contributed by atoms with Crippen molar-refractivity contribution in [2.75, 3.05) is 23.9 Å². The summed E-state index contributed by atoms with van der Waals surface area (Å²) in [5.74, 6) is 2.00. The molecule has 0 atom stereocenters. The highest BCUT2D eigenvalue weighted by Gasteiger charge is 2.06. The Labute approximate surface area is 100 Å². The maximum absolute atomic E-state index is 5.86. The summed E-state index contributed by atoms with van der Waals surface area (Å²) in [7, 11) is 0. The highest BCUT2D eigenvalue weighted by molar-refractivity contribution is 7.98. The molecule has 0 amide bonds. The molecule has 0 aliphatic heterocycles. The molecular weight excluding hydrogens is 230 g/mol. The standard InChI is InChI=1S/C10H16ClN3S/c1-7-8(2)10(14-13-9(7)11)12-5-4-6-15-3/h4-6H2,1-3H3,(H,12,14). The monoisotopic (exact) mass is 245 g/mol. The SMILES string of the molecule is CSCCCNc1nnc(Cl)c(C)c1C. The predicted molar refractivity (Wildman–Crippen MR) is 68.0 cm³/mol. The van der Waals surface area contributed by atoms with Gasteiger partial charge >= 0.3 is 0 Å². The molecule has 0 aromatic carbocycles. The molecule has 84 valence electrons. The summed E-state index contributed by atoms with van der Waals surface area (Å²) in [5, 5.41) is 11.7. The molecule has 1 aromatic rings. The van der Waals surface area contributed by atoms with E-state index in [9.17, 15) is 0 Å². The maximum Gasteiger partial charge on any atom is 0.155 e. The molecule has 0 aliphatic rings. The van der Waals surface area contributed by atoms with Gasteiger partial charge < -0.3 is 5.32 Å². The van der Waals surface area contributed by atoms with Crippen molar-refractivity contribution >= 4 is 29.2 Å². The van der Waals surface area contributed by atoms with E-state index in [1.54, 1.807) is 0 Å². The second-order valence-corrected chi connectivity index (χ2v) is 4.71. The zero-order valence-electron chi connectivity index (χ0n) is 9.30. The number of anilines is 1. The van der Waals surface area contributed by atoms with Gasteiger partial charge in [-0.15, -0.1) is 10.2 Å². The molecule has 0 radical (unpaired) electrons. The Morgan fingerprint density at radius 3 is 2.67 bits per heavy atom. The van der Waals surface area contributed by atoms with Gasteiger partial charge in [-0.1, -0.05) is 11.6 Å². The van der Waals surface area contributed by atoms with Crippen LogP contribution in [-0.2, 0) is 0 Å². The van der Waals surface area contributed by atoms with Crippen molar-refractivity contribution < 1.29 is 0 Å². The Kier molecular flexibility index (Phi) is 5.19. The van der Waals surface area contributed by atoms with Crippen molar-refractivity contribution in [1.82, 2.24) is 10.2 Å². The highest BCUT2D eigenvalue weighted by Crippen LogP contribution is 2.20. The second-order valence-electron chi connectivity index (χ2n) is 3.36. The molecule has 15 heavy (non-hydrogen) atoms. The lowest BCUT2D eigenvalue weighted by molar-refractivity contribution is 0.936. The fraction of sp³-hybridized carbons (Fsp3) is 0.600. The van der Waals surface area contributed by atoms with Crippen LogP contribution in [0.4, 0.5) is 5.82 Å². The number of thioether (sulfide) groups is 1. The Morgan fingerprint density at radius 1 is 1.27 bits per heavy atom. The van der Waals surface area contributed by atoms with Gasteiger partial charge in [-0.3, -0.25) is 0 Å². The Morgan fingerprint density at radius 2 is 2.00 bits per heavy atom. The van der Waals surface area contributed by atoms with Gasteiger partial charge in [-0.05, 0) is 43.4 Å². The van der Waals surface area contributed by atoms with Gasteiger partial charge in [-0.2, -0.15) is 11.8 Å². The summed E-state index contributed by atoms with van der Waals surface area (Å²) in [5.41, 5.74) is 2.08. The van der Waals surface area contributed by atoms with Gasteiger partial charge in [0.25, 0.3) is 0 Å². The van der Waals surface area contributed by atoms with Gasteiger partial charge in [0.05, 0.1) is 0 Å². The van der Waals surface area contributed by atoms with Gasteiger partial charge in [0.1, 0.15) is 0 Å². The summed E-state index contributed by atoms with van der Waals surface area (Å²) >= 11 is 7.71. The Bertz CT molecular complexity index is 331. The number of nitrogens with zero attached hydrogens (tertiary/aromatic N) is 2. The first kappa shape index (κ1) is 12.6. The zero-order chi connectivity index (χ0) is 11.3. The molecule has 1 N–H and O–H groups in total. The molecule has 0 saturated carbocycles. The van der Waals surface area contributed by atoms with Crippen LogP contribution < -0.4 is 5.32 Å². The molecule has 1 aromatic heterocycles. The zero-order valence-corrected chi connectivity index (χ0v) is 10.9. The molecule has 1 rings (SSSR count). The average Bonchev–Trinajstić information content (AvgIpc) is 2.24. The van der Waals surface area contributed by atoms with Crippen molar-refractivity contribution in [3.8, 4) is 0 Å². The lowest BCUT2D eigenvalue weighted by Gasteiger charge is -2.09. The fourth-order valence-corrected chi connectivity index (χ4v) is 1.78. The van der Waals surface area contributed by atoms with E-state index >= 15 is 0 Å². The third kappa shape index (κ3) is 3.54. The second kappa shape index (κ2) is 6.18. The van der Waals surface area contributed by atoms with E-state index in [0.717, 1.165) is 35.7 Å². The lowest BCUT2D eigenvalue weighted by atomic mass is 10.2. The van der Waals surface area contributed by atoms with E-state index in [1.807, 2.05) is 25.6 Å². The Hall–Kier alpha value is -0.480. The normalized spacial score (nSPS) is 10.4. The van der Waals surface area contributed by atoms with Gasteiger partial charge in [0, 0.05) is 6.54 Å². The molecule has 0 fully saturated rings. The maximum atomic E-state index is 5.86. The molecule has 5 heteroatoms. The molecule has 0 spiro atoms. The number of hydrogen-bond acceptors (Lipinski definition) is 4. The predicted octanol–water partition coefficient (Wildman–Crippen LogP) is 2.91. The topological polar surface area (TPSA) is 37.8 Å². The number of hydrogen-bond donors (Lipinski definition) is 1. The van der Waals surface area contributed by atoms with Crippen molar-refractivity contribution in [2.45, 2.75) is 20.3 Å². The summed E-state index contributed by atoms with van der Waals surface area (Å²) in [6.45, 7) is 4.89. The quantitative estimate of drug-likeness (QED) is 0.810. The molecule has 0 unspecified atom stereocenters. The van der Waals surface area contributed by atoms with Crippen LogP contribution in [0.3, 0.4) is 0 Å². The molecule has 1 heterocycles. The minimum absolute atomic E-state index is 0.488. The first-order chi connectivity index (χ1) is 7.16. The van der Waals surface area contributed by atoms with Crippen LogP contribution in [-0.4, -0.2) is 28.8 Å². The molecular formula is C10H16ClN3S. The molecule has 3 nitrogen and oxygen atoms in total. The van der Waals surface area contributed by atoms with Crippen LogP contribution >= 0.6 is 23.4 Å². The lowest BCUT2D eigenvalue weighted by Crippen LogP contribution is -2.08. The van der Waals surface area contributed by atoms with Crippen molar-refractivity contribution in [3.63, 3.8) is 0 Å². The summed E-state index contributed by atoms with van der Waals surface area (Å²) < 4.78 is 0. The minimum atomic E-state index is 0.488. The van der Waals surface area contributed by atoms with Crippen LogP contribution in [0.25, 0.3) is 0 Å². The molecule has 0 bridgehead atoms. The van der Waals surface area contributed by atoms with Crippen LogP contribution in [0.5, 0.6) is 0 Å². The van der Waals surface area contributed by atoms with E-state index in [0.29, 0.717) is 5.15 Å². The number of rotatable bonds is 5. The van der Waals surface area contributed by atoms with E-state index in [1.165, 1.54) is 0 Å². The van der Waals surface area contributed by atoms with E-state index in [4.69, 9.17) is 11.6 Å². The first-order valence-corrected chi connectivity index (χ1v) is 6.66. The van der Waals surface area contributed by atoms with Gasteiger partial charge in [0.2, 0.25) is 0 Å². The van der Waals surface area contributed by atoms with Crippen LogP contribution in [0, 0.1) is 13.8 Å². The van der Waals surface area contributed by atoms with E-state index in [2.05, 4.69) is 21.8 Å². The van der Waals surface area contributed by atoms with Crippen LogP contribution in [0.2, 0.25) is 5.15 Å². The smallest absolute Gasteiger partial charge is 0.155 e. The average molecular weight is 246 g/mol. The number of halogens is 1.